The Hall–Kier alpha value is -1.55. The minimum atomic E-state index is -0.485. The number of carbonyl (C=O) groups excluding carboxylic acids is 1. The monoisotopic (exact) mass is 207 g/mol. The summed E-state index contributed by atoms with van der Waals surface area (Å²) in [5, 5.41) is 2.81. The fourth-order valence-corrected chi connectivity index (χ4v) is 1.21. The van der Waals surface area contributed by atoms with Gasteiger partial charge in [-0.15, -0.1) is 0 Å². The third-order valence-electron chi connectivity index (χ3n) is 2.21. The van der Waals surface area contributed by atoms with Gasteiger partial charge in [-0.1, -0.05) is 12.1 Å². The average molecular weight is 207 g/mol. The molecule has 0 fully saturated rings. The van der Waals surface area contributed by atoms with E-state index in [0.29, 0.717) is 5.69 Å². The molecule has 0 aliphatic carbocycles. The molecule has 0 aliphatic heterocycles. The fraction of sp³-hybridized carbons (Fsp3) is 0.364. The van der Waals surface area contributed by atoms with Gasteiger partial charge in [0.1, 0.15) is 0 Å². The molecule has 1 aromatic rings. The molecule has 15 heavy (non-hydrogen) atoms. The first-order valence-corrected chi connectivity index (χ1v) is 4.92. The second kappa shape index (κ2) is 4.79. The molecule has 0 heterocycles. The highest BCUT2D eigenvalue weighted by Gasteiger charge is 2.12. The molecule has 0 unspecified atom stereocenters. The molecule has 82 valence electrons. The Labute approximate surface area is 89.6 Å². The largest absolute Gasteiger partial charge is 0.399 e. The van der Waals surface area contributed by atoms with E-state index in [-0.39, 0.29) is 11.9 Å². The Balaban J connectivity index is 2.65. The quantitative estimate of drug-likeness (QED) is 0.641. The lowest BCUT2D eigenvalue weighted by Crippen LogP contribution is -2.39. The number of hydrogen-bond acceptors (Lipinski definition) is 3. The molecule has 0 saturated heterocycles. The van der Waals surface area contributed by atoms with Crippen LogP contribution in [-0.2, 0) is 4.79 Å². The first-order valence-electron chi connectivity index (χ1n) is 4.92. The highest BCUT2D eigenvalue weighted by molar-refractivity contribution is 5.81. The zero-order chi connectivity index (χ0) is 11.4. The molecule has 0 bridgehead atoms. The predicted octanol–water partition coefficient (Wildman–Crippen LogP) is 0.793. The Bertz CT molecular complexity index is 332. The van der Waals surface area contributed by atoms with Crippen LogP contribution in [0.1, 0.15) is 25.5 Å². The number of amides is 1. The summed E-state index contributed by atoms with van der Waals surface area (Å²) >= 11 is 0. The molecule has 0 aliphatic rings. The molecule has 5 N–H and O–H groups in total. The maximum absolute atomic E-state index is 11.3. The topological polar surface area (TPSA) is 81.1 Å². The van der Waals surface area contributed by atoms with Crippen molar-refractivity contribution in [2.45, 2.75) is 25.9 Å². The van der Waals surface area contributed by atoms with Crippen LogP contribution < -0.4 is 16.8 Å². The number of nitrogens with one attached hydrogen (secondary N) is 1. The van der Waals surface area contributed by atoms with Crippen molar-refractivity contribution in [3.63, 3.8) is 0 Å². The van der Waals surface area contributed by atoms with Gasteiger partial charge >= 0.3 is 0 Å². The van der Waals surface area contributed by atoms with Crippen molar-refractivity contribution in [3.05, 3.63) is 29.8 Å². The predicted molar refractivity (Wildman–Crippen MR) is 61.1 cm³/mol. The van der Waals surface area contributed by atoms with E-state index >= 15 is 0 Å². The van der Waals surface area contributed by atoms with Crippen LogP contribution in [0, 0.1) is 0 Å². The van der Waals surface area contributed by atoms with Gasteiger partial charge < -0.3 is 16.8 Å². The van der Waals surface area contributed by atoms with E-state index in [9.17, 15) is 4.79 Å². The van der Waals surface area contributed by atoms with Crippen LogP contribution in [0.25, 0.3) is 0 Å². The minimum absolute atomic E-state index is 0.0518. The fourth-order valence-electron chi connectivity index (χ4n) is 1.21. The molecule has 1 rings (SSSR count). The standard InChI is InChI=1S/C11H17N3O/c1-7(12)11(15)14-8(2)9-3-5-10(13)6-4-9/h3-8H,12-13H2,1-2H3,(H,14,15)/t7-,8+/m0/s1. The van der Waals surface area contributed by atoms with Crippen molar-refractivity contribution in [2.24, 2.45) is 5.73 Å². The Kier molecular flexibility index (Phi) is 3.68. The third-order valence-corrected chi connectivity index (χ3v) is 2.21. The van der Waals surface area contributed by atoms with E-state index < -0.39 is 6.04 Å². The first-order chi connectivity index (χ1) is 7.00. The second-order valence-corrected chi connectivity index (χ2v) is 3.69. The van der Waals surface area contributed by atoms with Crippen LogP contribution in [0.5, 0.6) is 0 Å². The third kappa shape index (κ3) is 3.25. The summed E-state index contributed by atoms with van der Waals surface area (Å²) in [6.07, 6.45) is 0. The van der Waals surface area contributed by atoms with Gasteiger partial charge in [0.2, 0.25) is 5.91 Å². The lowest BCUT2D eigenvalue weighted by atomic mass is 10.1. The minimum Gasteiger partial charge on any atom is -0.399 e. The van der Waals surface area contributed by atoms with Gasteiger partial charge in [0.15, 0.2) is 0 Å². The maximum atomic E-state index is 11.3. The van der Waals surface area contributed by atoms with Gasteiger partial charge in [0.25, 0.3) is 0 Å². The van der Waals surface area contributed by atoms with Gasteiger partial charge in [-0.05, 0) is 31.5 Å². The van der Waals surface area contributed by atoms with Crippen LogP contribution in [0.15, 0.2) is 24.3 Å². The van der Waals surface area contributed by atoms with Crippen molar-refractivity contribution in [1.29, 1.82) is 0 Å². The highest BCUT2D eigenvalue weighted by atomic mass is 16.2. The van der Waals surface area contributed by atoms with Crippen molar-refractivity contribution in [3.8, 4) is 0 Å². The van der Waals surface area contributed by atoms with E-state index in [1.54, 1.807) is 6.92 Å². The summed E-state index contributed by atoms with van der Waals surface area (Å²) < 4.78 is 0. The van der Waals surface area contributed by atoms with Crippen molar-refractivity contribution in [2.75, 3.05) is 5.73 Å². The number of nitrogen functional groups attached to an aromatic ring is 1. The lowest BCUT2D eigenvalue weighted by Gasteiger charge is -2.15. The van der Waals surface area contributed by atoms with Gasteiger partial charge in [-0.2, -0.15) is 0 Å². The first kappa shape index (κ1) is 11.5. The number of carbonyl (C=O) groups is 1. The SMILES string of the molecule is C[C@H](N)C(=O)N[C@H](C)c1ccc(N)cc1. The average Bonchev–Trinajstić information content (AvgIpc) is 2.18. The molecule has 4 heteroatoms. The van der Waals surface area contributed by atoms with E-state index in [1.165, 1.54) is 0 Å². The molecule has 0 spiro atoms. The number of rotatable bonds is 3. The molecule has 0 saturated carbocycles. The zero-order valence-corrected chi connectivity index (χ0v) is 9.03. The molecule has 0 radical (unpaired) electrons. The second-order valence-electron chi connectivity index (χ2n) is 3.69. The van der Waals surface area contributed by atoms with E-state index in [4.69, 9.17) is 11.5 Å². The molecular formula is C11H17N3O. The van der Waals surface area contributed by atoms with Crippen LogP contribution >= 0.6 is 0 Å². The normalized spacial score (nSPS) is 14.3. The zero-order valence-electron chi connectivity index (χ0n) is 9.03. The Morgan fingerprint density at radius 3 is 2.27 bits per heavy atom. The molecule has 1 amide bonds. The van der Waals surface area contributed by atoms with Gasteiger partial charge in [0.05, 0.1) is 12.1 Å². The number of nitrogens with two attached hydrogens (primary N) is 2. The van der Waals surface area contributed by atoms with Gasteiger partial charge in [0, 0.05) is 5.69 Å². The van der Waals surface area contributed by atoms with E-state index in [1.807, 2.05) is 31.2 Å². The van der Waals surface area contributed by atoms with Crippen molar-refractivity contribution in [1.82, 2.24) is 5.32 Å². The van der Waals surface area contributed by atoms with Crippen molar-refractivity contribution >= 4 is 11.6 Å². The molecular weight excluding hydrogens is 190 g/mol. The molecule has 4 nitrogen and oxygen atoms in total. The summed E-state index contributed by atoms with van der Waals surface area (Å²) in [6, 6.07) is 6.86. The van der Waals surface area contributed by atoms with Gasteiger partial charge in [-0.25, -0.2) is 0 Å². The smallest absolute Gasteiger partial charge is 0.237 e. The number of anilines is 1. The number of benzene rings is 1. The lowest BCUT2D eigenvalue weighted by molar-refractivity contribution is -0.122. The number of hydrogen-bond donors (Lipinski definition) is 3. The molecule has 2 atom stereocenters. The van der Waals surface area contributed by atoms with E-state index in [0.717, 1.165) is 5.56 Å². The summed E-state index contributed by atoms with van der Waals surface area (Å²) in [4.78, 5) is 11.3. The maximum Gasteiger partial charge on any atom is 0.237 e. The molecule has 1 aromatic carbocycles. The van der Waals surface area contributed by atoms with Crippen LogP contribution in [-0.4, -0.2) is 11.9 Å². The Morgan fingerprint density at radius 1 is 1.27 bits per heavy atom. The van der Waals surface area contributed by atoms with Crippen LogP contribution in [0.2, 0.25) is 0 Å². The van der Waals surface area contributed by atoms with E-state index in [2.05, 4.69) is 5.32 Å². The summed E-state index contributed by atoms with van der Waals surface area (Å²) in [5.41, 5.74) is 12.7. The highest BCUT2D eigenvalue weighted by Crippen LogP contribution is 2.13. The summed E-state index contributed by atoms with van der Waals surface area (Å²) in [7, 11) is 0. The van der Waals surface area contributed by atoms with Gasteiger partial charge in [-0.3, -0.25) is 4.79 Å². The Morgan fingerprint density at radius 2 is 1.80 bits per heavy atom. The van der Waals surface area contributed by atoms with Crippen LogP contribution in [0.3, 0.4) is 0 Å². The summed E-state index contributed by atoms with van der Waals surface area (Å²) in [5.74, 6) is -0.153. The van der Waals surface area contributed by atoms with Crippen molar-refractivity contribution < 1.29 is 4.79 Å². The van der Waals surface area contributed by atoms with Crippen LogP contribution in [0.4, 0.5) is 5.69 Å². The summed E-state index contributed by atoms with van der Waals surface area (Å²) in [6.45, 7) is 3.57. The molecule has 0 aromatic heterocycles.